The predicted octanol–water partition coefficient (Wildman–Crippen LogP) is 4.96. The quantitative estimate of drug-likeness (QED) is 0.390. The number of rotatable bonds is 5. The number of benzene rings is 3. The number of aromatic amines is 1. The summed E-state index contributed by atoms with van der Waals surface area (Å²) < 4.78 is 5.70. The molecule has 0 aliphatic heterocycles. The largest absolute Gasteiger partial charge is 0.444 e. The van der Waals surface area contributed by atoms with Crippen LogP contribution < -0.4 is 0 Å². The van der Waals surface area contributed by atoms with Crippen LogP contribution in [-0.2, 0) is 4.74 Å². The summed E-state index contributed by atoms with van der Waals surface area (Å²) in [4.78, 5) is 26.1. The molecule has 4 rings (SSSR count). The fraction of sp³-hybridized carbons (Fsp3) is 0.125. The van der Waals surface area contributed by atoms with E-state index >= 15 is 0 Å². The Balaban J connectivity index is 1.70. The number of carbonyl (C=O) groups is 2. The van der Waals surface area contributed by atoms with Crippen molar-refractivity contribution in [3.63, 3.8) is 0 Å². The summed E-state index contributed by atoms with van der Waals surface area (Å²) in [5, 5.41) is 7.57. The third-order valence-electron chi connectivity index (χ3n) is 4.84. The molecule has 1 aromatic heterocycles. The zero-order valence-corrected chi connectivity index (χ0v) is 16.2. The Kier molecular flexibility index (Phi) is 4.96. The third-order valence-corrected chi connectivity index (χ3v) is 4.84. The third kappa shape index (κ3) is 3.80. The van der Waals surface area contributed by atoms with Gasteiger partial charge in [0, 0.05) is 16.5 Å². The highest BCUT2D eigenvalue weighted by Gasteiger charge is 2.28. The van der Waals surface area contributed by atoms with Gasteiger partial charge in [0.2, 0.25) is 5.78 Å². The molecule has 4 aromatic rings. The lowest BCUT2D eigenvalue weighted by molar-refractivity contribution is 0.0276. The van der Waals surface area contributed by atoms with E-state index in [9.17, 15) is 9.59 Å². The monoisotopic (exact) mass is 384 g/mol. The van der Waals surface area contributed by atoms with Gasteiger partial charge in [0.1, 0.15) is 0 Å². The molecule has 144 valence electrons. The summed E-state index contributed by atoms with van der Waals surface area (Å²) in [5.41, 5.74) is 4.11. The number of ketones is 1. The van der Waals surface area contributed by atoms with E-state index in [1.165, 1.54) is 0 Å². The molecule has 0 radical (unpaired) electrons. The van der Waals surface area contributed by atoms with E-state index in [1.54, 1.807) is 18.2 Å². The van der Waals surface area contributed by atoms with Gasteiger partial charge in [-0.25, -0.2) is 4.79 Å². The van der Waals surface area contributed by atoms with E-state index in [0.29, 0.717) is 16.5 Å². The summed E-state index contributed by atoms with van der Waals surface area (Å²) in [6, 6.07) is 21.9. The fourth-order valence-corrected chi connectivity index (χ4v) is 3.17. The number of nitrogens with one attached hydrogen (secondary N) is 1. The van der Waals surface area contributed by atoms with Crippen LogP contribution in [0.4, 0.5) is 0 Å². The molecule has 29 heavy (non-hydrogen) atoms. The van der Waals surface area contributed by atoms with Gasteiger partial charge >= 0.3 is 5.97 Å². The van der Waals surface area contributed by atoms with Crippen molar-refractivity contribution in [1.82, 2.24) is 10.2 Å². The number of nitrogens with zero attached hydrogens (tertiary/aromatic N) is 1. The summed E-state index contributed by atoms with van der Waals surface area (Å²) in [6.07, 6.45) is -1.05. The van der Waals surface area contributed by atoms with Crippen LogP contribution in [0.1, 0.15) is 43.6 Å². The molecule has 0 saturated heterocycles. The Morgan fingerprint density at radius 1 is 0.862 bits per heavy atom. The fourth-order valence-electron chi connectivity index (χ4n) is 3.17. The molecular weight excluding hydrogens is 364 g/mol. The lowest BCUT2D eigenvalue weighted by Crippen LogP contribution is -2.20. The smallest absolute Gasteiger partial charge is 0.360 e. The van der Waals surface area contributed by atoms with E-state index in [1.807, 2.05) is 68.4 Å². The summed E-state index contributed by atoms with van der Waals surface area (Å²) in [5.74, 6) is -0.921. The first-order valence-corrected chi connectivity index (χ1v) is 9.34. The highest BCUT2D eigenvalue weighted by atomic mass is 16.5. The van der Waals surface area contributed by atoms with Crippen molar-refractivity contribution in [2.75, 3.05) is 0 Å². The molecule has 0 amide bonds. The topological polar surface area (TPSA) is 72.1 Å². The minimum Gasteiger partial charge on any atom is -0.444 e. The van der Waals surface area contributed by atoms with Crippen LogP contribution in [0.5, 0.6) is 0 Å². The molecule has 0 saturated carbocycles. The molecule has 1 heterocycles. The number of hydrogen-bond acceptors (Lipinski definition) is 4. The van der Waals surface area contributed by atoms with Crippen molar-refractivity contribution in [3.05, 3.63) is 101 Å². The van der Waals surface area contributed by atoms with Gasteiger partial charge in [-0.15, -0.1) is 0 Å². The van der Waals surface area contributed by atoms with Crippen molar-refractivity contribution in [3.8, 4) is 0 Å². The number of hydrogen-bond donors (Lipinski definition) is 1. The molecule has 0 aliphatic rings. The number of para-hydroxylation sites is 1. The van der Waals surface area contributed by atoms with Crippen LogP contribution in [0.3, 0.4) is 0 Å². The number of aromatic nitrogens is 2. The molecule has 0 fully saturated rings. The first-order chi connectivity index (χ1) is 14.0. The van der Waals surface area contributed by atoms with Gasteiger partial charge < -0.3 is 4.74 Å². The first-order valence-electron chi connectivity index (χ1n) is 9.34. The van der Waals surface area contributed by atoms with Crippen LogP contribution in [0.2, 0.25) is 0 Å². The van der Waals surface area contributed by atoms with Gasteiger partial charge in [-0.05, 0) is 19.9 Å². The van der Waals surface area contributed by atoms with E-state index in [2.05, 4.69) is 10.2 Å². The minimum atomic E-state index is -1.05. The second-order valence-electron chi connectivity index (χ2n) is 7.04. The van der Waals surface area contributed by atoms with Crippen molar-refractivity contribution >= 4 is 22.7 Å². The van der Waals surface area contributed by atoms with Gasteiger partial charge in [-0.2, -0.15) is 5.10 Å². The first kappa shape index (κ1) is 18.6. The highest BCUT2D eigenvalue weighted by Crippen LogP contribution is 2.26. The van der Waals surface area contributed by atoms with Crippen LogP contribution in [0.15, 0.2) is 72.8 Å². The molecule has 5 nitrogen and oxygen atoms in total. The molecule has 1 N–H and O–H groups in total. The Morgan fingerprint density at radius 2 is 1.48 bits per heavy atom. The van der Waals surface area contributed by atoms with Crippen molar-refractivity contribution < 1.29 is 14.3 Å². The number of aryl methyl sites for hydroxylation is 2. The van der Waals surface area contributed by atoms with E-state index in [0.717, 1.165) is 16.6 Å². The second kappa shape index (κ2) is 7.72. The Hall–Kier alpha value is -3.73. The summed E-state index contributed by atoms with van der Waals surface area (Å²) >= 11 is 0. The molecule has 0 unspecified atom stereocenters. The van der Waals surface area contributed by atoms with E-state index in [4.69, 9.17) is 4.74 Å². The Morgan fingerprint density at radius 3 is 2.17 bits per heavy atom. The summed E-state index contributed by atoms with van der Waals surface area (Å²) in [6.45, 7) is 3.91. The maximum atomic E-state index is 13.2. The normalized spacial score (nSPS) is 11.9. The number of H-pyrrole nitrogens is 1. The van der Waals surface area contributed by atoms with Crippen molar-refractivity contribution in [2.45, 2.75) is 20.0 Å². The number of carbonyl (C=O) groups excluding carboxylic acids is 2. The predicted molar refractivity (Wildman–Crippen MR) is 111 cm³/mol. The molecule has 0 bridgehead atoms. The summed E-state index contributed by atoms with van der Waals surface area (Å²) in [7, 11) is 0. The Bertz CT molecular complexity index is 1170. The lowest BCUT2D eigenvalue weighted by Gasteiger charge is -2.17. The number of ether oxygens (including phenoxy) is 1. The SMILES string of the molecule is Cc1ccc(C(=O)[C@H](OC(=O)c2n[nH]c3ccccc23)c2ccc(C)cc2)cc1. The zero-order valence-electron chi connectivity index (χ0n) is 16.2. The molecule has 1 atom stereocenters. The molecule has 0 aliphatic carbocycles. The average molecular weight is 384 g/mol. The van der Waals surface area contributed by atoms with Gasteiger partial charge in [0.05, 0.1) is 5.52 Å². The molecule has 3 aromatic carbocycles. The standard InChI is InChI=1S/C24H20N2O3/c1-15-7-11-17(12-8-15)22(27)23(18-13-9-16(2)10-14-18)29-24(28)21-19-5-3-4-6-20(19)25-26-21/h3-14,23H,1-2H3,(H,25,26)/t23-/m1/s1. The molecular formula is C24H20N2O3. The van der Waals surface area contributed by atoms with E-state index in [-0.39, 0.29) is 11.5 Å². The number of Topliss-reactive ketones (excluding diaryl/α,β-unsaturated/α-hetero) is 1. The number of esters is 1. The average Bonchev–Trinajstić information content (AvgIpc) is 3.17. The highest BCUT2D eigenvalue weighted by molar-refractivity contribution is 6.05. The van der Waals surface area contributed by atoms with Gasteiger partial charge in [-0.3, -0.25) is 9.89 Å². The maximum absolute atomic E-state index is 13.2. The minimum absolute atomic E-state index is 0.161. The van der Waals surface area contributed by atoms with Gasteiger partial charge in [0.25, 0.3) is 0 Å². The lowest BCUT2D eigenvalue weighted by atomic mass is 9.98. The van der Waals surface area contributed by atoms with Gasteiger partial charge in [-0.1, -0.05) is 77.9 Å². The van der Waals surface area contributed by atoms with Crippen LogP contribution in [0.25, 0.3) is 10.9 Å². The molecule has 0 spiro atoms. The second-order valence-corrected chi connectivity index (χ2v) is 7.04. The number of fused-ring (bicyclic) bond motifs is 1. The zero-order chi connectivity index (χ0) is 20.4. The molecule has 5 heteroatoms. The van der Waals surface area contributed by atoms with Gasteiger partial charge in [0.15, 0.2) is 11.8 Å². The van der Waals surface area contributed by atoms with E-state index < -0.39 is 12.1 Å². The Labute approximate surface area is 168 Å². The van der Waals surface area contributed by atoms with Crippen molar-refractivity contribution in [2.24, 2.45) is 0 Å². The van der Waals surface area contributed by atoms with Crippen molar-refractivity contribution in [1.29, 1.82) is 0 Å². The maximum Gasteiger partial charge on any atom is 0.360 e. The van der Waals surface area contributed by atoms with Crippen LogP contribution in [-0.4, -0.2) is 21.9 Å². The van der Waals surface area contributed by atoms with Crippen LogP contribution in [0, 0.1) is 13.8 Å². The van der Waals surface area contributed by atoms with Crippen LogP contribution >= 0.6 is 0 Å².